The molecule has 0 saturated carbocycles. The van der Waals surface area contributed by atoms with Gasteiger partial charge in [0.2, 0.25) is 15.9 Å². The van der Waals surface area contributed by atoms with Gasteiger partial charge in [-0.3, -0.25) is 9.48 Å². The van der Waals surface area contributed by atoms with Gasteiger partial charge >= 0.3 is 0 Å². The van der Waals surface area contributed by atoms with Crippen LogP contribution in [0, 0.1) is 0 Å². The number of aryl methyl sites for hydroxylation is 1. The molecule has 2 aliphatic rings. The van der Waals surface area contributed by atoms with Crippen molar-refractivity contribution in [1.82, 2.24) is 33.5 Å². The Labute approximate surface area is 236 Å². The summed E-state index contributed by atoms with van der Waals surface area (Å²) in [6.45, 7) is 2.89. The van der Waals surface area contributed by atoms with Gasteiger partial charge in [-0.05, 0) is 31.9 Å². The molecule has 0 spiro atoms. The van der Waals surface area contributed by atoms with Crippen molar-refractivity contribution in [1.29, 1.82) is 0 Å². The largest absolute Gasteiger partial charge is 0.338 e. The molecule has 1 fully saturated rings. The number of imidazole rings is 1. The Morgan fingerprint density at radius 1 is 1.07 bits per heavy atom. The first-order valence-corrected chi connectivity index (χ1v) is 15.3. The van der Waals surface area contributed by atoms with Crippen molar-refractivity contribution in [2.45, 2.75) is 44.7 Å². The molecule has 216 valence electrons. The molecule has 0 unspecified atom stereocenters. The summed E-state index contributed by atoms with van der Waals surface area (Å²) in [5.74, 6) is 0.626. The van der Waals surface area contributed by atoms with Gasteiger partial charge in [0.25, 0.3) is 6.43 Å². The number of rotatable bonds is 5. The van der Waals surface area contributed by atoms with Crippen LogP contribution in [0.25, 0.3) is 33.4 Å². The third-order valence-corrected chi connectivity index (χ3v) is 9.49. The fourth-order valence-electron chi connectivity index (χ4n) is 6.11. The molecule has 2 aliphatic heterocycles. The topological polar surface area (TPSA) is 106 Å². The van der Waals surface area contributed by atoms with E-state index in [2.05, 4.69) is 10.1 Å². The average molecular weight is 584 g/mol. The first kappa shape index (κ1) is 27.5. The molecule has 5 heterocycles. The zero-order valence-electron chi connectivity index (χ0n) is 23.3. The number of halogens is 2. The molecular formula is C28H31F2N7O3S. The van der Waals surface area contributed by atoms with E-state index in [1.807, 2.05) is 23.6 Å². The minimum absolute atomic E-state index is 0.0445. The predicted molar refractivity (Wildman–Crippen MR) is 150 cm³/mol. The number of benzene rings is 1. The van der Waals surface area contributed by atoms with E-state index in [-0.39, 0.29) is 23.1 Å². The van der Waals surface area contributed by atoms with E-state index in [1.54, 1.807) is 35.9 Å². The molecule has 0 bridgehead atoms. The Balaban J connectivity index is 1.52. The van der Waals surface area contributed by atoms with Crippen molar-refractivity contribution in [3.8, 4) is 22.5 Å². The van der Waals surface area contributed by atoms with Gasteiger partial charge < -0.3 is 9.47 Å². The minimum Gasteiger partial charge on any atom is -0.338 e. The second-order valence-corrected chi connectivity index (χ2v) is 12.9. The van der Waals surface area contributed by atoms with Crippen molar-refractivity contribution in [2.75, 3.05) is 26.4 Å². The van der Waals surface area contributed by atoms with Gasteiger partial charge in [0.05, 0.1) is 41.6 Å². The number of piperidine rings is 1. The van der Waals surface area contributed by atoms with Crippen LogP contribution in [-0.2, 0) is 28.4 Å². The summed E-state index contributed by atoms with van der Waals surface area (Å²) >= 11 is 0. The SMILES string of the molecule is C[C@H]1C(=O)N(C)Cc2c(-c3cccc4nc(-c5cnn(C)c5)c(C(F)F)cc34)nc(C3CCN(S(C)(=O)=O)CC3)n21. The molecule has 1 amide bonds. The lowest BCUT2D eigenvalue weighted by Crippen LogP contribution is -2.41. The number of alkyl halides is 2. The summed E-state index contributed by atoms with van der Waals surface area (Å²) < 4.78 is 57.9. The molecule has 1 saturated heterocycles. The number of carbonyl (C=O) groups is 1. The average Bonchev–Trinajstić information content (AvgIpc) is 3.54. The standard InChI is InChI=1S/C28H31F2N7O3S/c1-16-28(38)34(2)15-23-25(33-27(37(16)23)17-8-10-36(11-9-17)41(4,39)40)19-6-5-7-22-20(19)12-21(26(29)30)24(32-22)18-13-31-35(3)14-18/h5-7,12-14,16-17,26H,8-11,15H2,1-4H3/t16-/m0/s1. The van der Waals surface area contributed by atoms with Crippen LogP contribution in [-0.4, -0.2) is 74.2 Å². The van der Waals surface area contributed by atoms with Crippen LogP contribution in [0.15, 0.2) is 36.7 Å². The Kier molecular flexibility index (Phi) is 6.68. The summed E-state index contributed by atoms with van der Waals surface area (Å²) in [4.78, 5) is 24.4. The number of sulfonamides is 1. The third-order valence-electron chi connectivity index (χ3n) is 8.19. The molecule has 0 aliphatic carbocycles. The lowest BCUT2D eigenvalue weighted by atomic mass is 9.96. The molecule has 13 heteroatoms. The molecule has 41 heavy (non-hydrogen) atoms. The maximum atomic E-state index is 14.4. The summed E-state index contributed by atoms with van der Waals surface area (Å²) in [7, 11) is 0.160. The predicted octanol–water partition coefficient (Wildman–Crippen LogP) is 4.11. The highest BCUT2D eigenvalue weighted by atomic mass is 32.2. The van der Waals surface area contributed by atoms with Gasteiger partial charge in [-0.15, -0.1) is 0 Å². The van der Waals surface area contributed by atoms with Crippen LogP contribution < -0.4 is 0 Å². The Bertz CT molecular complexity index is 1770. The maximum absolute atomic E-state index is 14.4. The highest BCUT2D eigenvalue weighted by Crippen LogP contribution is 2.41. The highest BCUT2D eigenvalue weighted by molar-refractivity contribution is 7.88. The molecule has 4 aromatic rings. The minimum atomic E-state index is -3.30. The van der Waals surface area contributed by atoms with E-state index in [4.69, 9.17) is 4.98 Å². The maximum Gasteiger partial charge on any atom is 0.265 e. The smallest absolute Gasteiger partial charge is 0.265 e. The molecule has 3 aromatic heterocycles. The number of hydrogen-bond acceptors (Lipinski definition) is 6. The lowest BCUT2D eigenvalue weighted by Gasteiger charge is -2.34. The monoisotopic (exact) mass is 583 g/mol. The number of likely N-dealkylation sites (N-methyl/N-ethyl adjacent to an activating group) is 1. The van der Waals surface area contributed by atoms with E-state index >= 15 is 0 Å². The van der Waals surface area contributed by atoms with Gasteiger partial charge in [0.1, 0.15) is 11.9 Å². The van der Waals surface area contributed by atoms with Gasteiger partial charge in [-0.1, -0.05) is 12.1 Å². The van der Waals surface area contributed by atoms with Gasteiger partial charge in [0.15, 0.2) is 0 Å². The fourth-order valence-corrected chi connectivity index (χ4v) is 6.98. The number of fused-ring (bicyclic) bond motifs is 2. The Morgan fingerprint density at radius 3 is 2.44 bits per heavy atom. The van der Waals surface area contributed by atoms with E-state index in [0.717, 1.165) is 11.5 Å². The fraction of sp³-hybridized carbons (Fsp3) is 0.429. The number of carbonyl (C=O) groups excluding carboxylic acids is 1. The normalized spacial score (nSPS) is 19.0. The number of aromatic nitrogens is 5. The first-order chi connectivity index (χ1) is 19.4. The Hall–Kier alpha value is -3.71. The summed E-state index contributed by atoms with van der Waals surface area (Å²) in [6, 6.07) is 6.45. The van der Waals surface area contributed by atoms with Crippen molar-refractivity contribution < 1.29 is 22.0 Å². The van der Waals surface area contributed by atoms with Crippen molar-refractivity contribution >= 4 is 26.8 Å². The van der Waals surface area contributed by atoms with E-state index in [0.29, 0.717) is 60.2 Å². The molecule has 0 radical (unpaired) electrons. The first-order valence-electron chi connectivity index (χ1n) is 13.5. The summed E-state index contributed by atoms with van der Waals surface area (Å²) in [6.07, 6.45) is 2.77. The second-order valence-electron chi connectivity index (χ2n) is 10.9. The molecule has 6 rings (SSSR count). The summed E-state index contributed by atoms with van der Waals surface area (Å²) in [5.41, 5.74) is 3.14. The number of amides is 1. The number of pyridine rings is 1. The third kappa shape index (κ3) is 4.70. The molecule has 1 atom stereocenters. The van der Waals surface area contributed by atoms with Crippen LogP contribution in [0.5, 0.6) is 0 Å². The van der Waals surface area contributed by atoms with Crippen LogP contribution in [0.3, 0.4) is 0 Å². The van der Waals surface area contributed by atoms with Crippen molar-refractivity contribution in [2.24, 2.45) is 7.05 Å². The van der Waals surface area contributed by atoms with E-state index in [9.17, 15) is 22.0 Å². The molecule has 10 nitrogen and oxygen atoms in total. The van der Waals surface area contributed by atoms with Crippen molar-refractivity contribution in [3.63, 3.8) is 0 Å². The van der Waals surface area contributed by atoms with Gasteiger partial charge in [0, 0.05) is 61.4 Å². The zero-order chi connectivity index (χ0) is 29.2. The van der Waals surface area contributed by atoms with E-state index in [1.165, 1.54) is 22.8 Å². The van der Waals surface area contributed by atoms with E-state index < -0.39 is 22.5 Å². The van der Waals surface area contributed by atoms with Crippen LogP contribution in [0.4, 0.5) is 8.78 Å². The second kappa shape index (κ2) is 9.98. The molecular weight excluding hydrogens is 552 g/mol. The molecule has 0 N–H and O–H groups in total. The summed E-state index contributed by atoms with van der Waals surface area (Å²) in [5, 5.41) is 4.67. The van der Waals surface area contributed by atoms with Gasteiger partial charge in [-0.25, -0.2) is 31.5 Å². The van der Waals surface area contributed by atoms with Crippen molar-refractivity contribution in [3.05, 3.63) is 53.7 Å². The Morgan fingerprint density at radius 2 is 1.80 bits per heavy atom. The van der Waals surface area contributed by atoms with Gasteiger partial charge in [-0.2, -0.15) is 5.10 Å². The van der Waals surface area contributed by atoms with Crippen LogP contribution >= 0.6 is 0 Å². The number of hydrogen-bond donors (Lipinski definition) is 0. The number of nitrogens with zero attached hydrogens (tertiary/aromatic N) is 7. The lowest BCUT2D eigenvalue weighted by molar-refractivity contribution is -0.135. The quantitative estimate of drug-likeness (QED) is 0.350. The van der Waals surface area contributed by atoms with Crippen LogP contribution in [0.2, 0.25) is 0 Å². The zero-order valence-corrected chi connectivity index (χ0v) is 24.1. The molecule has 1 aromatic carbocycles. The van der Waals surface area contributed by atoms with Crippen LogP contribution in [0.1, 0.15) is 55.2 Å². The highest BCUT2D eigenvalue weighted by Gasteiger charge is 2.37.